The summed E-state index contributed by atoms with van der Waals surface area (Å²) in [6, 6.07) is 18.3. The van der Waals surface area contributed by atoms with E-state index in [4.69, 9.17) is 10.2 Å². The first-order chi connectivity index (χ1) is 33.0. The van der Waals surface area contributed by atoms with E-state index in [1.54, 1.807) is 54.4 Å². The van der Waals surface area contributed by atoms with Gasteiger partial charge in [0.1, 0.15) is 11.4 Å². The van der Waals surface area contributed by atoms with Crippen LogP contribution in [0.15, 0.2) is 88.7 Å². The van der Waals surface area contributed by atoms with E-state index in [0.717, 1.165) is 38.2 Å². The predicted octanol–water partition coefficient (Wildman–Crippen LogP) is 6.93. The Balaban J connectivity index is 1.11. The Bertz CT molecular complexity index is 3630. The van der Waals surface area contributed by atoms with E-state index in [-0.39, 0.29) is 56.1 Å². The molecule has 1 saturated heterocycles. The average Bonchev–Trinajstić information content (AvgIpc) is 4.09. The Morgan fingerprint density at radius 3 is 1.72 bits per heavy atom. The molecule has 0 spiro atoms. The predicted molar refractivity (Wildman–Crippen MR) is 263 cm³/mol. The molecule has 0 radical (unpaired) electrons. The molecule has 2 aromatic heterocycles. The largest absolute Gasteiger partial charge is 0.287 e. The molecule has 9 rings (SSSR count). The maximum atomic E-state index is 14.8. The molecule has 0 amide bonds. The normalized spacial score (nSPS) is 19.3. The lowest BCUT2D eigenvalue weighted by Gasteiger charge is -2.37. The second-order valence-corrected chi connectivity index (χ2v) is 27.0. The number of anilines is 2. The van der Waals surface area contributed by atoms with Crippen LogP contribution in [0.1, 0.15) is 121 Å². The zero-order chi connectivity index (χ0) is 51.2. The van der Waals surface area contributed by atoms with Crippen LogP contribution in [0.5, 0.6) is 0 Å². The highest BCUT2D eigenvalue weighted by Gasteiger charge is 2.50. The van der Waals surface area contributed by atoms with Gasteiger partial charge < -0.3 is 0 Å². The Labute approximate surface area is 410 Å². The number of rotatable bonds is 15. The van der Waals surface area contributed by atoms with E-state index in [1.807, 2.05) is 0 Å². The van der Waals surface area contributed by atoms with Crippen molar-refractivity contribution in [2.45, 2.75) is 105 Å². The molecule has 1 aliphatic heterocycles. The van der Waals surface area contributed by atoms with Crippen LogP contribution in [0, 0.1) is 0 Å². The van der Waals surface area contributed by atoms with Gasteiger partial charge in [-0.2, -0.15) is 14.5 Å². The molecule has 2 atom stereocenters. The molecule has 0 bridgehead atoms. The number of carbonyl (C=O) groups excluding carboxylic acids is 2. The minimum atomic E-state index is -4.55. The van der Waals surface area contributed by atoms with E-state index >= 15 is 0 Å². The smallest absolute Gasteiger partial charge is 0.275 e. The first kappa shape index (κ1) is 50.3. The summed E-state index contributed by atoms with van der Waals surface area (Å²) in [4.78, 5) is 28.7. The highest BCUT2D eigenvalue weighted by Crippen LogP contribution is 2.45. The van der Waals surface area contributed by atoms with Gasteiger partial charge in [0.25, 0.3) is 5.92 Å². The van der Waals surface area contributed by atoms with Crippen LogP contribution in [0.2, 0.25) is 0 Å². The zero-order valence-electron chi connectivity index (χ0n) is 39.3. The molecule has 2 unspecified atom stereocenters. The topological polar surface area (TPSA) is 246 Å². The number of alkyl halides is 2. The molecule has 6 aromatic rings. The number of hydrogen-bond acceptors (Lipinski definition) is 12. The van der Waals surface area contributed by atoms with Gasteiger partial charge in [-0.25, -0.2) is 47.2 Å². The van der Waals surface area contributed by atoms with Gasteiger partial charge in [-0.15, -0.1) is 0 Å². The van der Waals surface area contributed by atoms with Gasteiger partial charge in [-0.1, -0.05) is 25.0 Å². The summed E-state index contributed by atoms with van der Waals surface area (Å²) in [5.41, 5.74) is 0.816. The lowest BCUT2D eigenvalue weighted by molar-refractivity contribution is -0.0945. The molecule has 3 fully saturated rings. The summed E-state index contributed by atoms with van der Waals surface area (Å²) in [7, 11) is -16.0. The summed E-state index contributed by atoms with van der Waals surface area (Å²) in [6.45, 7) is 2.98. The second-order valence-electron chi connectivity index (χ2n) is 19.9. The number of sulfonamides is 4. The first-order valence-corrected chi connectivity index (χ1v) is 29.5. The van der Waals surface area contributed by atoms with E-state index in [1.165, 1.54) is 54.6 Å². The highest BCUT2D eigenvalue weighted by molar-refractivity contribution is 7.92. The fourth-order valence-electron chi connectivity index (χ4n) is 9.82. The highest BCUT2D eigenvalue weighted by atomic mass is 32.2. The Hall–Kier alpha value is -5.66. The van der Waals surface area contributed by atoms with Crippen molar-refractivity contribution in [2.24, 2.45) is 0 Å². The Morgan fingerprint density at radius 1 is 0.648 bits per heavy atom. The van der Waals surface area contributed by atoms with E-state index < -0.39 is 88.2 Å². The van der Waals surface area contributed by atoms with Gasteiger partial charge in [0.05, 0.1) is 69.9 Å². The summed E-state index contributed by atoms with van der Waals surface area (Å²) < 4.78 is 144. The fourth-order valence-corrected chi connectivity index (χ4v) is 14.0. The number of hydrogen-bond donors (Lipinski definition) is 3. The molecule has 24 heteroatoms. The van der Waals surface area contributed by atoms with Crippen LogP contribution in [0.3, 0.4) is 0 Å². The summed E-state index contributed by atoms with van der Waals surface area (Å²) in [5, 5.41) is 10.3. The standard InChI is InChI=1S/C47H52F2N8O10S4/c1-46(2,3)54-70(64,65)36-12-8-9-29(21-36)44(58)42-39-18-15-33(53-69(5,62)63)25-41(39)57(51-42)35-16-13-28(20-35)30-19-31(23-37(22-30)71(66,67)55-26-47(48,49)27-55)45(59)43-38-17-14-32(52-68(4,60)61)24-40(38)56(50-43)34-10-6-7-11-34/h8-9,12,14-15,17-19,21-25,28,34-35,52-54H,6-7,10-11,13,16,20,26-27H2,1-5H3. The van der Waals surface area contributed by atoms with Gasteiger partial charge in [0, 0.05) is 27.4 Å². The maximum Gasteiger partial charge on any atom is 0.275 e. The number of aromatic nitrogens is 4. The van der Waals surface area contributed by atoms with Crippen molar-refractivity contribution < 1.29 is 52.0 Å². The van der Waals surface area contributed by atoms with Crippen LogP contribution >= 0.6 is 0 Å². The molecule has 4 aromatic carbocycles. The fraction of sp³-hybridized carbons (Fsp3) is 0.404. The van der Waals surface area contributed by atoms with Crippen molar-refractivity contribution in [2.75, 3.05) is 35.0 Å². The Kier molecular flexibility index (Phi) is 12.6. The number of carbonyl (C=O) groups is 2. The maximum absolute atomic E-state index is 14.8. The molecular weight excluding hydrogens is 1000 g/mol. The molecule has 3 aliphatic rings. The van der Waals surface area contributed by atoms with Crippen molar-refractivity contribution in [3.05, 3.63) is 107 Å². The zero-order valence-corrected chi connectivity index (χ0v) is 42.6. The van der Waals surface area contributed by atoms with Gasteiger partial charge in [0.15, 0.2) is 0 Å². The Morgan fingerprint density at radius 2 is 1.18 bits per heavy atom. The molecule has 2 saturated carbocycles. The van der Waals surface area contributed by atoms with E-state index in [9.17, 15) is 52.0 Å². The molecule has 378 valence electrons. The molecule has 3 N–H and O–H groups in total. The van der Waals surface area contributed by atoms with Crippen LogP contribution in [-0.2, 0) is 40.1 Å². The third kappa shape index (κ3) is 10.5. The number of halogens is 2. The van der Waals surface area contributed by atoms with Crippen LogP contribution < -0.4 is 14.2 Å². The van der Waals surface area contributed by atoms with Crippen molar-refractivity contribution in [1.29, 1.82) is 0 Å². The van der Waals surface area contributed by atoms with Crippen LogP contribution in [-0.4, -0.2) is 106 Å². The molecule has 71 heavy (non-hydrogen) atoms. The van der Waals surface area contributed by atoms with Crippen molar-refractivity contribution in [1.82, 2.24) is 28.6 Å². The molecule has 18 nitrogen and oxygen atoms in total. The van der Waals surface area contributed by atoms with Crippen molar-refractivity contribution >= 4 is 84.8 Å². The van der Waals surface area contributed by atoms with E-state index in [0.29, 0.717) is 44.5 Å². The lowest BCUT2D eigenvalue weighted by Crippen LogP contribution is -2.58. The van der Waals surface area contributed by atoms with E-state index in [2.05, 4.69) is 14.2 Å². The number of nitrogens with one attached hydrogen (secondary N) is 3. The quantitative estimate of drug-likeness (QED) is 0.0887. The third-order valence-corrected chi connectivity index (χ3v) is 17.6. The first-order valence-electron chi connectivity index (χ1n) is 22.8. The average molecular weight is 1060 g/mol. The number of nitrogens with zero attached hydrogens (tertiary/aromatic N) is 5. The number of ketones is 2. The molecule has 2 aliphatic carbocycles. The SMILES string of the molecule is CC(C)(C)NS(=O)(=O)c1cccc(C(=O)c2nn(C3CCC(c4cc(C(=O)c5nn(C6CCCC6)c6cc(NS(C)(=O)=O)ccc56)cc(S(=O)(=O)N5CC(F)(F)C5)c4)C3)c3cc(NS(C)(=O)=O)ccc23)c1. The third-order valence-electron chi connectivity index (χ3n) is 12.8. The minimum Gasteiger partial charge on any atom is -0.287 e. The summed E-state index contributed by atoms with van der Waals surface area (Å²) >= 11 is 0. The number of benzene rings is 4. The molecule has 3 heterocycles. The lowest BCUT2D eigenvalue weighted by atomic mass is 9.94. The van der Waals surface area contributed by atoms with Crippen molar-refractivity contribution in [3.63, 3.8) is 0 Å². The van der Waals surface area contributed by atoms with Gasteiger partial charge >= 0.3 is 0 Å². The van der Waals surface area contributed by atoms with Crippen LogP contribution in [0.4, 0.5) is 20.2 Å². The number of fused-ring (bicyclic) bond motifs is 2. The molecular formula is C47H52F2N8O10S4. The van der Waals surface area contributed by atoms with Crippen LogP contribution in [0.25, 0.3) is 21.8 Å². The summed E-state index contributed by atoms with van der Waals surface area (Å²) in [5.74, 6) is -4.93. The van der Waals surface area contributed by atoms with Gasteiger partial charge in [-0.05, 0) is 131 Å². The second kappa shape index (κ2) is 17.8. The van der Waals surface area contributed by atoms with Crippen molar-refractivity contribution in [3.8, 4) is 0 Å². The minimum absolute atomic E-state index is 0.00889. The van der Waals surface area contributed by atoms with Gasteiger partial charge in [-0.3, -0.25) is 28.4 Å². The summed E-state index contributed by atoms with van der Waals surface area (Å²) in [6.07, 6.45) is 6.45. The van der Waals surface area contributed by atoms with Gasteiger partial charge in [0.2, 0.25) is 51.7 Å². The monoisotopic (exact) mass is 1050 g/mol.